The van der Waals surface area contributed by atoms with Gasteiger partial charge in [0.05, 0.1) is 6.10 Å². The van der Waals surface area contributed by atoms with Crippen LogP contribution in [-0.2, 0) is 10.2 Å². The van der Waals surface area contributed by atoms with Crippen LogP contribution in [0.25, 0.3) is 0 Å². The van der Waals surface area contributed by atoms with E-state index in [1.807, 2.05) is 39.0 Å². The number of rotatable bonds is 3. The van der Waals surface area contributed by atoms with Crippen LogP contribution in [0.5, 0.6) is 0 Å². The van der Waals surface area contributed by atoms with Crippen molar-refractivity contribution in [1.29, 1.82) is 0 Å². The van der Waals surface area contributed by atoms with Gasteiger partial charge in [-0.15, -0.1) is 0 Å². The Labute approximate surface area is 132 Å². The molecule has 122 valence electrons. The number of aliphatic hydroxyl groups excluding tert-OH is 1. The lowest BCUT2D eigenvalue weighted by atomic mass is 9.68. The van der Waals surface area contributed by atoms with Crippen molar-refractivity contribution in [1.82, 2.24) is 5.32 Å². The Morgan fingerprint density at radius 1 is 1.27 bits per heavy atom. The Balaban J connectivity index is 2.08. The van der Waals surface area contributed by atoms with Gasteiger partial charge in [-0.2, -0.15) is 0 Å². The second kappa shape index (κ2) is 6.69. The minimum Gasteiger partial charge on any atom is -0.444 e. The third-order valence-electron chi connectivity index (χ3n) is 4.27. The fraction of sp³-hybridized carbons (Fsp3) is 0.611. The van der Waals surface area contributed by atoms with Gasteiger partial charge in [-0.25, -0.2) is 4.79 Å². The molecule has 0 radical (unpaired) electrons. The van der Waals surface area contributed by atoms with E-state index in [0.29, 0.717) is 6.54 Å². The molecule has 0 saturated heterocycles. The molecule has 22 heavy (non-hydrogen) atoms. The summed E-state index contributed by atoms with van der Waals surface area (Å²) in [5, 5.41) is 12.7. The molecule has 1 amide bonds. The number of hydrogen-bond acceptors (Lipinski definition) is 3. The molecule has 1 saturated carbocycles. The van der Waals surface area contributed by atoms with Crippen LogP contribution >= 0.6 is 0 Å². The Morgan fingerprint density at radius 2 is 1.86 bits per heavy atom. The number of amides is 1. The molecule has 1 fully saturated rings. The van der Waals surface area contributed by atoms with Gasteiger partial charge in [-0.1, -0.05) is 30.3 Å². The van der Waals surface area contributed by atoms with Crippen molar-refractivity contribution >= 4 is 6.09 Å². The molecule has 0 atom stereocenters. The van der Waals surface area contributed by atoms with Gasteiger partial charge in [-0.05, 0) is 52.0 Å². The lowest BCUT2D eigenvalue weighted by Gasteiger charge is -2.39. The molecule has 0 spiro atoms. The zero-order chi connectivity index (χ0) is 16.2. The standard InChI is InChI=1S/C18H27NO3/c1-17(2,3)22-16(21)19-13-18(11-9-15(20)10-12-18)14-7-5-4-6-8-14/h4-8,15,20H,9-13H2,1-3H3,(H,19,21)/t15-,18-. The molecule has 4 nitrogen and oxygen atoms in total. The zero-order valence-corrected chi connectivity index (χ0v) is 13.8. The molecule has 0 aromatic heterocycles. The van der Waals surface area contributed by atoms with E-state index in [4.69, 9.17) is 4.74 Å². The van der Waals surface area contributed by atoms with Gasteiger partial charge in [-0.3, -0.25) is 0 Å². The molecule has 0 heterocycles. The van der Waals surface area contributed by atoms with Crippen LogP contribution in [0.2, 0.25) is 0 Å². The molecule has 2 rings (SSSR count). The van der Waals surface area contributed by atoms with Crippen LogP contribution in [0.3, 0.4) is 0 Å². The maximum atomic E-state index is 12.0. The molecule has 1 aromatic rings. The van der Waals surface area contributed by atoms with Crippen LogP contribution in [-0.4, -0.2) is 29.4 Å². The number of carbonyl (C=O) groups excluding carboxylic acids is 1. The van der Waals surface area contributed by atoms with Crippen molar-refractivity contribution < 1.29 is 14.6 Å². The molecule has 1 aromatic carbocycles. The lowest BCUT2D eigenvalue weighted by molar-refractivity contribution is 0.0487. The molecule has 1 aliphatic carbocycles. The van der Waals surface area contributed by atoms with Gasteiger partial charge in [0.2, 0.25) is 0 Å². The molecule has 2 N–H and O–H groups in total. The molecular formula is C18H27NO3. The van der Waals surface area contributed by atoms with Crippen molar-refractivity contribution in [2.75, 3.05) is 6.54 Å². The van der Waals surface area contributed by atoms with E-state index >= 15 is 0 Å². The minimum absolute atomic E-state index is 0.114. The number of alkyl carbamates (subject to hydrolysis) is 1. The van der Waals surface area contributed by atoms with Gasteiger partial charge in [0.15, 0.2) is 0 Å². The maximum Gasteiger partial charge on any atom is 0.407 e. The Bertz CT molecular complexity index is 485. The summed E-state index contributed by atoms with van der Waals surface area (Å²) >= 11 is 0. The third kappa shape index (κ3) is 4.47. The highest BCUT2D eigenvalue weighted by molar-refractivity contribution is 5.67. The first kappa shape index (κ1) is 16.8. The molecule has 0 bridgehead atoms. The van der Waals surface area contributed by atoms with E-state index in [1.54, 1.807) is 0 Å². The van der Waals surface area contributed by atoms with Gasteiger partial charge < -0.3 is 15.2 Å². The Kier molecular flexibility index (Phi) is 5.12. The first-order valence-electron chi connectivity index (χ1n) is 8.01. The predicted molar refractivity (Wildman–Crippen MR) is 86.8 cm³/mol. The van der Waals surface area contributed by atoms with E-state index in [-0.39, 0.29) is 17.6 Å². The molecule has 1 aliphatic rings. The normalized spacial score (nSPS) is 25.5. The Hall–Kier alpha value is -1.55. The van der Waals surface area contributed by atoms with Crippen LogP contribution in [0, 0.1) is 0 Å². The second-order valence-corrected chi connectivity index (χ2v) is 7.23. The summed E-state index contributed by atoms with van der Waals surface area (Å²) in [4.78, 5) is 12.0. The highest BCUT2D eigenvalue weighted by atomic mass is 16.6. The number of aliphatic hydroxyl groups is 1. The molecule has 0 aliphatic heterocycles. The highest BCUT2D eigenvalue weighted by Crippen LogP contribution is 2.39. The largest absolute Gasteiger partial charge is 0.444 e. The second-order valence-electron chi connectivity index (χ2n) is 7.23. The average molecular weight is 305 g/mol. The van der Waals surface area contributed by atoms with Crippen molar-refractivity contribution in [3.05, 3.63) is 35.9 Å². The number of nitrogens with one attached hydrogen (secondary N) is 1. The number of benzene rings is 1. The SMILES string of the molecule is CC(C)(C)OC(=O)NC[C@]1(c2ccccc2)CC[C@H](O)CC1. The van der Waals surface area contributed by atoms with Crippen LogP contribution in [0.1, 0.15) is 52.0 Å². The molecule has 4 heteroatoms. The summed E-state index contributed by atoms with van der Waals surface area (Å²) in [5.41, 5.74) is 0.613. The quantitative estimate of drug-likeness (QED) is 0.900. The van der Waals surface area contributed by atoms with E-state index in [9.17, 15) is 9.90 Å². The monoisotopic (exact) mass is 305 g/mol. The van der Waals surface area contributed by atoms with Gasteiger partial charge >= 0.3 is 6.09 Å². The van der Waals surface area contributed by atoms with Crippen LogP contribution in [0.4, 0.5) is 4.79 Å². The fourth-order valence-electron chi connectivity index (χ4n) is 3.07. The fourth-order valence-corrected chi connectivity index (χ4v) is 3.07. The summed E-state index contributed by atoms with van der Waals surface area (Å²) in [5.74, 6) is 0. The smallest absolute Gasteiger partial charge is 0.407 e. The average Bonchev–Trinajstić information content (AvgIpc) is 2.46. The van der Waals surface area contributed by atoms with Crippen molar-refractivity contribution in [2.45, 2.75) is 63.6 Å². The van der Waals surface area contributed by atoms with E-state index in [0.717, 1.165) is 25.7 Å². The first-order chi connectivity index (χ1) is 10.3. The minimum atomic E-state index is -0.493. The third-order valence-corrected chi connectivity index (χ3v) is 4.27. The van der Waals surface area contributed by atoms with Crippen molar-refractivity contribution in [3.8, 4) is 0 Å². The summed E-state index contributed by atoms with van der Waals surface area (Å²) < 4.78 is 5.33. The summed E-state index contributed by atoms with van der Waals surface area (Å²) in [6.45, 7) is 6.11. The Morgan fingerprint density at radius 3 is 2.41 bits per heavy atom. The first-order valence-corrected chi connectivity index (χ1v) is 8.01. The van der Waals surface area contributed by atoms with Gasteiger partial charge in [0.1, 0.15) is 5.60 Å². The topological polar surface area (TPSA) is 58.6 Å². The van der Waals surface area contributed by atoms with E-state index in [1.165, 1.54) is 5.56 Å². The summed E-state index contributed by atoms with van der Waals surface area (Å²) in [6.07, 6.45) is 2.67. The summed E-state index contributed by atoms with van der Waals surface area (Å²) in [7, 11) is 0. The number of ether oxygens (including phenoxy) is 1. The predicted octanol–water partition coefficient (Wildman–Crippen LogP) is 3.38. The van der Waals surface area contributed by atoms with Crippen molar-refractivity contribution in [2.24, 2.45) is 0 Å². The number of carbonyl (C=O) groups is 1. The van der Waals surface area contributed by atoms with Crippen LogP contribution < -0.4 is 5.32 Å². The van der Waals surface area contributed by atoms with Gasteiger partial charge in [0.25, 0.3) is 0 Å². The van der Waals surface area contributed by atoms with E-state index < -0.39 is 5.60 Å². The van der Waals surface area contributed by atoms with Gasteiger partial charge in [0, 0.05) is 12.0 Å². The molecular weight excluding hydrogens is 278 g/mol. The van der Waals surface area contributed by atoms with Crippen LogP contribution in [0.15, 0.2) is 30.3 Å². The molecule has 0 unspecified atom stereocenters. The zero-order valence-electron chi connectivity index (χ0n) is 13.8. The van der Waals surface area contributed by atoms with E-state index in [2.05, 4.69) is 17.4 Å². The highest BCUT2D eigenvalue weighted by Gasteiger charge is 2.37. The van der Waals surface area contributed by atoms with Crippen molar-refractivity contribution in [3.63, 3.8) is 0 Å². The number of hydrogen-bond donors (Lipinski definition) is 2. The maximum absolute atomic E-state index is 12.0. The summed E-state index contributed by atoms with van der Waals surface area (Å²) in [6, 6.07) is 10.3. The lowest BCUT2D eigenvalue weighted by Crippen LogP contribution is -2.45.